The Labute approximate surface area is 113 Å². The van der Waals surface area contributed by atoms with Crippen LogP contribution in [-0.2, 0) is 4.79 Å². The first-order valence-corrected chi connectivity index (χ1v) is 6.54. The third-order valence-electron chi connectivity index (χ3n) is 3.41. The SMILES string of the molecule is C#CC1CC(=O)N(C(CC)c2ccc(Cl)cc2)C1. The number of carbonyl (C=O) groups excluding carboxylic acids is 1. The first-order chi connectivity index (χ1) is 8.65. The first-order valence-electron chi connectivity index (χ1n) is 6.16. The van der Waals surface area contributed by atoms with E-state index in [1.807, 2.05) is 29.2 Å². The molecule has 0 bridgehead atoms. The van der Waals surface area contributed by atoms with E-state index in [0.717, 1.165) is 12.0 Å². The minimum absolute atomic E-state index is 0.0545. The molecule has 0 N–H and O–H groups in total. The van der Waals surface area contributed by atoms with Gasteiger partial charge in [-0.3, -0.25) is 4.79 Å². The average Bonchev–Trinajstić information content (AvgIpc) is 2.74. The van der Waals surface area contributed by atoms with Gasteiger partial charge in [-0.2, -0.15) is 0 Å². The Bertz CT molecular complexity index is 474. The van der Waals surface area contributed by atoms with Gasteiger partial charge in [0, 0.05) is 23.9 Å². The maximum Gasteiger partial charge on any atom is 0.224 e. The van der Waals surface area contributed by atoms with Crippen molar-refractivity contribution >= 4 is 17.5 Å². The lowest BCUT2D eigenvalue weighted by Gasteiger charge is -2.27. The number of rotatable bonds is 3. The van der Waals surface area contributed by atoms with Gasteiger partial charge in [-0.15, -0.1) is 12.3 Å². The molecule has 1 fully saturated rings. The van der Waals surface area contributed by atoms with Crippen molar-refractivity contribution in [2.24, 2.45) is 5.92 Å². The molecular weight excluding hydrogens is 246 g/mol. The van der Waals surface area contributed by atoms with Crippen LogP contribution >= 0.6 is 11.6 Å². The number of hydrogen-bond acceptors (Lipinski definition) is 1. The van der Waals surface area contributed by atoms with Gasteiger partial charge in [-0.05, 0) is 24.1 Å². The zero-order valence-electron chi connectivity index (χ0n) is 10.4. The fraction of sp³-hybridized carbons (Fsp3) is 0.400. The van der Waals surface area contributed by atoms with E-state index in [-0.39, 0.29) is 17.9 Å². The van der Waals surface area contributed by atoms with Crippen LogP contribution in [0.15, 0.2) is 24.3 Å². The van der Waals surface area contributed by atoms with Crippen LogP contribution in [0.3, 0.4) is 0 Å². The van der Waals surface area contributed by atoms with Gasteiger partial charge in [0.15, 0.2) is 0 Å². The van der Waals surface area contributed by atoms with Gasteiger partial charge in [0.25, 0.3) is 0 Å². The van der Waals surface area contributed by atoms with Crippen molar-refractivity contribution in [2.45, 2.75) is 25.8 Å². The molecule has 2 unspecified atom stereocenters. The van der Waals surface area contributed by atoms with Gasteiger partial charge >= 0.3 is 0 Å². The van der Waals surface area contributed by atoms with Crippen LogP contribution in [0.4, 0.5) is 0 Å². The van der Waals surface area contributed by atoms with Crippen LogP contribution in [0.1, 0.15) is 31.4 Å². The molecule has 0 aliphatic carbocycles. The Morgan fingerprint density at radius 2 is 2.17 bits per heavy atom. The highest BCUT2D eigenvalue weighted by Gasteiger charge is 2.33. The molecule has 94 valence electrons. The zero-order valence-corrected chi connectivity index (χ0v) is 11.2. The molecule has 0 radical (unpaired) electrons. The second kappa shape index (κ2) is 5.46. The Balaban J connectivity index is 2.22. The minimum Gasteiger partial charge on any atom is -0.334 e. The molecule has 0 spiro atoms. The number of carbonyl (C=O) groups is 1. The Morgan fingerprint density at radius 1 is 1.50 bits per heavy atom. The van der Waals surface area contributed by atoms with Crippen LogP contribution in [0.25, 0.3) is 0 Å². The predicted molar refractivity (Wildman–Crippen MR) is 73.1 cm³/mol. The van der Waals surface area contributed by atoms with Gasteiger partial charge in [0.1, 0.15) is 0 Å². The van der Waals surface area contributed by atoms with E-state index in [2.05, 4.69) is 12.8 Å². The summed E-state index contributed by atoms with van der Waals surface area (Å²) >= 11 is 5.89. The Morgan fingerprint density at radius 3 is 2.67 bits per heavy atom. The molecule has 1 aliphatic heterocycles. The third-order valence-corrected chi connectivity index (χ3v) is 3.66. The topological polar surface area (TPSA) is 20.3 Å². The number of nitrogens with zero attached hydrogens (tertiary/aromatic N) is 1. The van der Waals surface area contributed by atoms with E-state index < -0.39 is 0 Å². The maximum absolute atomic E-state index is 12.0. The Hall–Kier alpha value is -1.46. The summed E-state index contributed by atoms with van der Waals surface area (Å²) in [6.45, 7) is 2.74. The summed E-state index contributed by atoms with van der Waals surface area (Å²) in [5.41, 5.74) is 1.12. The summed E-state index contributed by atoms with van der Waals surface area (Å²) in [7, 11) is 0. The summed E-state index contributed by atoms with van der Waals surface area (Å²) in [5, 5.41) is 0.711. The number of benzene rings is 1. The summed E-state index contributed by atoms with van der Waals surface area (Å²) in [4.78, 5) is 13.9. The van der Waals surface area contributed by atoms with Gasteiger partial charge in [0.2, 0.25) is 5.91 Å². The van der Waals surface area contributed by atoms with E-state index in [1.165, 1.54) is 0 Å². The summed E-state index contributed by atoms with van der Waals surface area (Å²) in [6.07, 6.45) is 6.76. The normalized spacial score (nSPS) is 20.8. The lowest BCUT2D eigenvalue weighted by atomic mass is 10.0. The van der Waals surface area contributed by atoms with E-state index in [9.17, 15) is 4.79 Å². The fourth-order valence-corrected chi connectivity index (χ4v) is 2.59. The van der Waals surface area contributed by atoms with Crippen molar-refractivity contribution in [2.75, 3.05) is 6.54 Å². The van der Waals surface area contributed by atoms with Gasteiger partial charge in [-0.25, -0.2) is 0 Å². The van der Waals surface area contributed by atoms with Gasteiger partial charge in [-0.1, -0.05) is 30.7 Å². The van der Waals surface area contributed by atoms with E-state index in [0.29, 0.717) is 18.0 Å². The molecule has 3 heteroatoms. The standard InChI is InChI=1S/C15H16ClNO/c1-3-11-9-15(18)17(10-11)14(4-2)12-5-7-13(16)8-6-12/h1,5-8,11,14H,4,9-10H2,2H3. The minimum atomic E-state index is 0.0545. The molecule has 1 saturated heterocycles. The molecule has 1 aromatic rings. The molecule has 1 amide bonds. The highest BCUT2D eigenvalue weighted by Crippen LogP contribution is 2.31. The third kappa shape index (κ3) is 2.52. The number of amides is 1. The number of likely N-dealkylation sites (tertiary alicyclic amines) is 1. The van der Waals surface area contributed by atoms with Crippen LogP contribution in [0.2, 0.25) is 5.02 Å². The molecule has 0 saturated carbocycles. The zero-order chi connectivity index (χ0) is 13.1. The predicted octanol–water partition coefficient (Wildman–Crippen LogP) is 3.27. The number of hydrogen-bond donors (Lipinski definition) is 0. The number of terminal acetylenes is 1. The number of halogens is 1. The van der Waals surface area contributed by atoms with Crippen molar-refractivity contribution in [3.63, 3.8) is 0 Å². The molecule has 18 heavy (non-hydrogen) atoms. The molecule has 0 aromatic heterocycles. The molecule has 1 aliphatic rings. The van der Waals surface area contributed by atoms with Crippen LogP contribution in [0, 0.1) is 18.3 Å². The molecule has 2 nitrogen and oxygen atoms in total. The van der Waals surface area contributed by atoms with Crippen molar-refractivity contribution in [1.82, 2.24) is 4.90 Å². The molecule has 2 rings (SSSR count). The van der Waals surface area contributed by atoms with E-state index in [1.54, 1.807) is 0 Å². The highest BCUT2D eigenvalue weighted by molar-refractivity contribution is 6.30. The van der Waals surface area contributed by atoms with Crippen LogP contribution in [0.5, 0.6) is 0 Å². The second-order valence-electron chi connectivity index (χ2n) is 4.59. The van der Waals surface area contributed by atoms with Gasteiger partial charge in [0.05, 0.1) is 6.04 Å². The lowest BCUT2D eigenvalue weighted by molar-refractivity contribution is -0.129. The van der Waals surface area contributed by atoms with Crippen molar-refractivity contribution in [1.29, 1.82) is 0 Å². The van der Waals surface area contributed by atoms with E-state index in [4.69, 9.17) is 18.0 Å². The van der Waals surface area contributed by atoms with Crippen molar-refractivity contribution < 1.29 is 4.79 Å². The lowest BCUT2D eigenvalue weighted by Crippen LogP contribution is -2.29. The summed E-state index contributed by atoms with van der Waals surface area (Å²) < 4.78 is 0. The van der Waals surface area contributed by atoms with Crippen molar-refractivity contribution in [3.8, 4) is 12.3 Å². The maximum atomic E-state index is 12.0. The molecular formula is C15H16ClNO. The molecule has 2 atom stereocenters. The average molecular weight is 262 g/mol. The quantitative estimate of drug-likeness (QED) is 0.765. The van der Waals surface area contributed by atoms with Crippen LogP contribution in [-0.4, -0.2) is 17.4 Å². The summed E-state index contributed by atoms with van der Waals surface area (Å²) in [5.74, 6) is 2.89. The Kier molecular flexibility index (Phi) is 3.93. The van der Waals surface area contributed by atoms with Gasteiger partial charge < -0.3 is 4.90 Å². The van der Waals surface area contributed by atoms with Crippen LogP contribution < -0.4 is 0 Å². The summed E-state index contributed by atoms with van der Waals surface area (Å²) in [6, 6.07) is 7.78. The van der Waals surface area contributed by atoms with Crippen molar-refractivity contribution in [3.05, 3.63) is 34.9 Å². The smallest absolute Gasteiger partial charge is 0.224 e. The second-order valence-corrected chi connectivity index (χ2v) is 5.03. The van der Waals surface area contributed by atoms with E-state index >= 15 is 0 Å². The fourth-order valence-electron chi connectivity index (χ4n) is 2.47. The first kappa shape index (κ1) is 13.0. The molecule has 1 heterocycles. The monoisotopic (exact) mass is 261 g/mol. The highest BCUT2D eigenvalue weighted by atomic mass is 35.5. The molecule has 1 aromatic carbocycles. The largest absolute Gasteiger partial charge is 0.334 e.